The van der Waals surface area contributed by atoms with Crippen molar-refractivity contribution >= 4 is 17.2 Å². The maximum Gasteiger partial charge on any atom is 0.150 e. The Morgan fingerprint density at radius 1 is 1.54 bits per heavy atom. The van der Waals surface area contributed by atoms with Gasteiger partial charge in [0.25, 0.3) is 0 Å². The second-order valence-corrected chi connectivity index (χ2v) is 2.67. The van der Waals surface area contributed by atoms with Crippen molar-refractivity contribution in [1.29, 1.82) is 0 Å². The fraction of sp³-hybridized carbons (Fsp3) is 0.111. The number of aldehydes is 1. The van der Waals surface area contributed by atoms with Crippen LogP contribution in [-0.4, -0.2) is 23.6 Å². The predicted molar refractivity (Wildman–Crippen MR) is 48.0 cm³/mol. The molecule has 0 spiro atoms. The molecule has 4 nitrogen and oxygen atoms in total. The van der Waals surface area contributed by atoms with Crippen molar-refractivity contribution < 1.29 is 9.53 Å². The van der Waals surface area contributed by atoms with Gasteiger partial charge in [0, 0.05) is 5.56 Å². The quantitative estimate of drug-likeness (QED) is 0.703. The molecule has 1 N–H and O–H groups in total. The minimum atomic E-state index is 0.577. The van der Waals surface area contributed by atoms with Gasteiger partial charge in [-0.05, 0) is 12.1 Å². The largest absolute Gasteiger partial charge is 0.496 e. The van der Waals surface area contributed by atoms with Gasteiger partial charge in [-0.25, -0.2) is 0 Å². The summed E-state index contributed by atoms with van der Waals surface area (Å²) in [5.74, 6) is 0.661. The number of methoxy groups -OCH3 is 1. The average molecular weight is 176 g/mol. The normalized spacial score (nSPS) is 10.2. The maximum absolute atomic E-state index is 10.6. The fourth-order valence-corrected chi connectivity index (χ4v) is 1.28. The Hall–Kier alpha value is -1.84. The lowest BCUT2D eigenvalue weighted by molar-refractivity contribution is 0.112. The van der Waals surface area contributed by atoms with E-state index in [4.69, 9.17) is 4.74 Å². The molecule has 1 aromatic carbocycles. The molecule has 13 heavy (non-hydrogen) atoms. The van der Waals surface area contributed by atoms with Crippen molar-refractivity contribution in [2.45, 2.75) is 0 Å². The van der Waals surface area contributed by atoms with E-state index in [1.165, 1.54) is 0 Å². The van der Waals surface area contributed by atoms with E-state index in [-0.39, 0.29) is 0 Å². The summed E-state index contributed by atoms with van der Waals surface area (Å²) >= 11 is 0. The second kappa shape index (κ2) is 2.90. The number of carbonyl (C=O) groups is 1. The van der Waals surface area contributed by atoms with Crippen LogP contribution in [-0.2, 0) is 0 Å². The first kappa shape index (κ1) is 7.79. The molecule has 2 rings (SSSR count). The molecule has 0 bridgehead atoms. The van der Waals surface area contributed by atoms with Gasteiger partial charge in [-0.15, -0.1) is 0 Å². The van der Waals surface area contributed by atoms with Crippen LogP contribution >= 0.6 is 0 Å². The van der Waals surface area contributed by atoms with Crippen molar-refractivity contribution in [3.63, 3.8) is 0 Å². The number of hydrogen-bond acceptors (Lipinski definition) is 3. The first-order chi connectivity index (χ1) is 6.35. The van der Waals surface area contributed by atoms with E-state index in [0.29, 0.717) is 11.3 Å². The number of carbonyl (C=O) groups excluding carboxylic acids is 1. The van der Waals surface area contributed by atoms with Gasteiger partial charge in [-0.1, -0.05) is 0 Å². The third-order valence-electron chi connectivity index (χ3n) is 1.90. The molecule has 0 radical (unpaired) electrons. The Morgan fingerprint density at radius 3 is 3.08 bits per heavy atom. The number of benzene rings is 1. The molecule has 0 fully saturated rings. The third kappa shape index (κ3) is 1.16. The van der Waals surface area contributed by atoms with Crippen LogP contribution < -0.4 is 4.74 Å². The van der Waals surface area contributed by atoms with Crippen LogP contribution in [0.4, 0.5) is 0 Å². The van der Waals surface area contributed by atoms with Crippen molar-refractivity contribution in [3.05, 3.63) is 23.9 Å². The summed E-state index contributed by atoms with van der Waals surface area (Å²) in [5.41, 5.74) is 1.38. The molecule has 2 aromatic rings. The van der Waals surface area contributed by atoms with Gasteiger partial charge in [0.2, 0.25) is 0 Å². The number of ether oxygens (including phenoxy) is 1. The Bertz CT molecular complexity index is 448. The molecule has 4 heteroatoms. The minimum Gasteiger partial charge on any atom is -0.496 e. The van der Waals surface area contributed by atoms with Gasteiger partial charge < -0.3 is 4.74 Å². The average Bonchev–Trinajstić information content (AvgIpc) is 2.63. The van der Waals surface area contributed by atoms with E-state index < -0.39 is 0 Å². The van der Waals surface area contributed by atoms with Crippen LogP contribution in [0.2, 0.25) is 0 Å². The van der Waals surface area contributed by atoms with E-state index in [2.05, 4.69) is 10.2 Å². The van der Waals surface area contributed by atoms with Crippen LogP contribution in [0.1, 0.15) is 10.4 Å². The molecular formula is C9H8N2O2. The maximum atomic E-state index is 10.6. The lowest BCUT2D eigenvalue weighted by Gasteiger charge is -2.01. The number of H-pyrrole nitrogens is 1. The zero-order valence-corrected chi connectivity index (χ0v) is 7.07. The zero-order valence-electron chi connectivity index (χ0n) is 7.07. The highest BCUT2D eigenvalue weighted by atomic mass is 16.5. The molecule has 0 aliphatic heterocycles. The first-order valence-electron chi connectivity index (χ1n) is 3.81. The molecular weight excluding hydrogens is 168 g/mol. The van der Waals surface area contributed by atoms with Crippen molar-refractivity contribution in [2.24, 2.45) is 0 Å². The molecule has 1 heterocycles. The number of nitrogens with one attached hydrogen (secondary N) is 1. The number of aromatic nitrogens is 2. The van der Waals surface area contributed by atoms with E-state index in [1.807, 2.05) is 0 Å². The Morgan fingerprint density at radius 2 is 2.38 bits per heavy atom. The molecule has 0 aliphatic carbocycles. The van der Waals surface area contributed by atoms with Gasteiger partial charge in [-0.2, -0.15) is 5.10 Å². The SMILES string of the molecule is COc1cc(C=O)cc2[nH]ncc12. The number of fused-ring (bicyclic) bond motifs is 1. The van der Waals surface area contributed by atoms with Crippen LogP contribution in [0.15, 0.2) is 18.3 Å². The molecule has 0 atom stereocenters. The van der Waals surface area contributed by atoms with Gasteiger partial charge in [0.1, 0.15) is 12.0 Å². The number of rotatable bonds is 2. The van der Waals surface area contributed by atoms with E-state index in [1.54, 1.807) is 25.4 Å². The van der Waals surface area contributed by atoms with Gasteiger partial charge in [-0.3, -0.25) is 9.89 Å². The van der Waals surface area contributed by atoms with Crippen LogP contribution in [0.3, 0.4) is 0 Å². The van der Waals surface area contributed by atoms with Crippen LogP contribution in [0, 0.1) is 0 Å². The summed E-state index contributed by atoms with van der Waals surface area (Å²) in [4.78, 5) is 10.6. The lowest BCUT2D eigenvalue weighted by Crippen LogP contribution is -1.87. The number of aromatic amines is 1. The molecule has 0 saturated heterocycles. The van der Waals surface area contributed by atoms with Gasteiger partial charge >= 0.3 is 0 Å². The van der Waals surface area contributed by atoms with E-state index in [9.17, 15) is 4.79 Å². The molecule has 66 valence electrons. The number of hydrogen-bond donors (Lipinski definition) is 1. The van der Waals surface area contributed by atoms with Gasteiger partial charge in [0.05, 0.1) is 24.2 Å². The highest BCUT2D eigenvalue weighted by Gasteiger charge is 2.04. The Labute approximate surface area is 74.5 Å². The minimum absolute atomic E-state index is 0.577. The molecule has 0 amide bonds. The van der Waals surface area contributed by atoms with Crippen LogP contribution in [0.25, 0.3) is 10.9 Å². The second-order valence-electron chi connectivity index (χ2n) is 2.67. The summed E-state index contributed by atoms with van der Waals surface area (Å²) < 4.78 is 5.11. The Balaban J connectivity index is 2.77. The first-order valence-corrected chi connectivity index (χ1v) is 3.81. The summed E-state index contributed by atoms with van der Waals surface area (Å²) in [7, 11) is 1.57. The smallest absolute Gasteiger partial charge is 0.150 e. The monoisotopic (exact) mass is 176 g/mol. The van der Waals surface area contributed by atoms with Crippen LogP contribution in [0.5, 0.6) is 5.75 Å². The summed E-state index contributed by atoms with van der Waals surface area (Å²) in [6.45, 7) is 0. The fourth-order valence-electron chi connectivity index (χ4n) is 1.28. The summed E-state index contributed by atoms with van der Waals surface area (Å²) in [5, 5.41) is 7.53. The van der Waals surface area contributed by atoms with E-state index >= 15 is 0 Å². The number of nitrogens with zero attached hydrogens (tertiary/aromatic N) is 1. The summed E-state index contributed by atoms with van der Waals surface area (Å²) in [6.07, 6.45) is 2.45. The standard InChI is InChI=1S/C9H8N2O2/c1-13-9-3-6(5-12)2-8-7(9)4-10-11-8/h2-5H,1H3,(H,10,11). The van der Waals surface area contributed by atoms with E-state index in [0.717, 1.165) is 17.2 Å². The lowest BCUT2D eigenvalue weighted by atomic mass is 10.1. The zero-order chi connectivity index (χ0) is 9.26. The molecule has 0 saturated carbocycles. The van der Waals surface area contributed by atoms with Crippen molar-refractivity contribution in [1.82, 2.24) is 10.2 Å². The van der Waals surface area contributed by atoms with Gasteiger partial charge in [0.15, 0.2) is 0 Å². The van der Waals surface area contributed by atoms with Crippen molar-refractivity contribution in [2.75, 3.05) is 7.11 Å². The predicted octanol–water partition coefficient (Wildman–Crippen LogP) is 1.38. The highest BCUT2D eigenvalue weighted by Crippen LogP contribution is 2.24. The Kier molecular flexibility index (Phi) is 1.73. The molecule has 1 aromatic heterocycles. The topological polar surface area (TPSA) is 55.0 Å². The highest BCUT2D eigenvalue weighted by molar-refractivity contribution is 5.91. The molecule has 0 unspecified atom stereocenters. The third-order valence-corrected chi connectivity index (χ3v) is 1.90. The summed E-state index contributed by atoms with van der Waals surface area (Å²) in [6, 6.07) is 3.42. The molecule has 0 aliphatic rings. The van der Waals surface area contributed by atoms with Crippen molar-refractivity contribution in [3.8, 4) is 5.75 Å².